The van der Waals surface area contributed by atoms with E-state index in [1.54, 1.807) is 0 Å². The number of hydrogen-bond acceptors (Lipinski definition) is 9. The van der Waals surface area contributed by atoms with Crippen molar-refractivity contribution in [3.05, 3.63) is 72.3 Å². The van der Waals surface area contributed by atoms with Crippen molar-refractivity contribution in [1.82, 2.24) is 25.2 Å². The van der Waals surface area contributed by atoms with E-state index in [0.29, 0.717) is 11.4 Å². The van der Waals surface area contributed by atoms with Crippen LogP contribution >= 0.6 is 0 Å². The van der Waals surface area contributed by atoms with Gasteiger partial charge >= 0.3 is 5.97 Å². The predicted molar refractivity (Wildman–Crippen MR) is 112 cm³/mol. The van der Waals surface area contributed by atoms with Crippen LogP contribution in [0.5, 0.6) is 0 Å². The number of imide groups is 1. The van der Waals surface area contributed by atoms with E-state index in [-0.39, 0.29) is 17.4 Å². The second-order valence-corrected chi connectivity index (χ2v) is 6.86. The Morgan fingerprint density at radius 2 is 1.79 bits per heavy atom. The van der Waals surface area contributed by atoms with Crippen molar-refractivity contribution in [2.45, 2.75) is 6.04 Å². The number of tetrazole rings is 1. The number of hydrogen-bond donors (Lipinski definition) is 1. The summed E-state index contributed by atoms with van der Waals surface area (Å²) >= 11 is 0. The van der Waals surface area contributed by atoms with Crippen molar-refractivity contribution in [3.63, 3.8) is 0 Å². The van der Waals surface area contributed by atoms with Crippen LogP contribution in [0.15, 0.2) is 70.3 Å². The molecule has 12 nitrogen and oxygen atoms in total. The minimum absolute atomic E-state index is 0.0178. The summed E-state index contributed by atoms with van der Waals surface area (Å²) in [6.45, 7) is 0. The van der Waals surface area contributed by atoms with E-state index < -0.39 is 23.8 Å². The summed E-state index contributed by atoms with van der Waals surface area (Å²) in [6.07, 6.45) is 2.38. The van der Waals surface area contributed by atoms with Gasteiger partial charge in [0.1, 0.15) is 12.0 Å². The van der Waals surface area contributed by atoms with E-state index in [0.717, 1.165) is 21.5 Å². The molecule has 0 fully saturated rings. The van der Waals surface area contributed by atoms with Crippen LogP contribution in [-0.2, 0) is 9.59 Å². The standard InChI is InChI=1S/C21H13N7O5/c29-16-10-22-17(18-23-15(11-33-18)12-4-2-1-3-5-12)19(30)27(16)21-24-26-28(25-21)14-8-6-13(7-9-14)20(31)32/h1-11,17H,(H,31,32). The largest absolute Gasteiger partial charge is 0.478 e. The van der Waals surface area contributed by atoms with Crippen LogP contribution in [0, 0.1) is 0 Å². The second-order valence-electron chi connectivity index (χ2n) is 6.86. The molecule has 2 aromatic heterocycles. The van der Waals surface area contributed by atoms with Crippen LogP contribution in [-0.4, -0.2) is 54.3 Å². The van der Waals surface area contributed by atoms with Crippen LogP contribution in [0.2, 0.25) is 0 Å². The Kier molecular flexibility index (Phi) is 4.79. The first-order valence-electron chi connectivity index (χ1n) is 9.57. The number of oxazole rings is 1. The monoisotopic (exact) mass is 443 g/mol. The van der Waals surface area contributed by atoms with Gasteiger partial charge in [-0.2, -0.15) is 0 Å². The number of carbonyl (C=O) groups excluding carboxylic acids is 2. The molecule has 33 heavy (non-hydrogen) atoms. The SMILES string of the molecule is O=C(O)c1ccc(-n2nnc(N3C(=O)C=NC(c4nc(-c5ccccc5)co4)C3=O)n2)cc1. The van der Waals surface area contributed by atoms with Crippen LogP contribution in [0.3, 0.4) is 0 Å². The number of benzene rings is 2. The molecule has 3 heterocycles. The highest BCUT2D eigenvalue weighted by Crippen LogP contribution is 2.27. The number of carboxylic acid groups (broad SMARTS) is 1. The number of carbonyl (C=O) groups is 3. The number of anilines is 1. The molecule has 162 valence electrons. The van der Waals surface area contributed by atoms with Gasteiger partial charge in [0, 0.05) is 5.56 Å². The van der Waals surface area contributed by atoms with Gasteiger partial charge in [0.15, 0.2) is 0 Å². The molecular formula is C21H13N7O5. The van der Waals surface area contributed by atoms with Crippen LogP contribution in [0.4, 0.5) is 5.95 Å². The van der Waals surface area contributed by atoms with Crippen molar-refractivity contribution < 1.29 is 23.9 Å². The molecule has 0 aliphatic carbocycles. The maximum absolute atomic E-state index is 13.1. The molecule has 5 rings (SSSR count). The van der Waals surface area contributed by atoms with E-state index in [9.17, 15) is 14.4 Å². The van der Waals surface area contributed by atoms with Gasteiger partial charge in [-0.1, -0.05) is 35.4 Å². The first-order chi connectivity index (χ1) is 16.0. The van der Waals surface area contributed by atoms with Gasteiger partial charge in [0.05, 0.1) is 17.5 Å². The van der Waals surface area contributed by atoms with E-state index in [2.05, 4.69) is 25.4 Å². The number of carboxylic acids is 1. The number of aromatic nitrogens is 5. The van der Waals surface area contributed by atoms with E-state index >= 15 is 0 Å². The Morgan fingerprint density at radius 1 is 1.03 bits per heavy atom. The lowest BCUT2D eigenvalue weighted by Gasteiger charge is -2.21. The molecule has 1 atom stereocenters. The average molecular weight is 443 g/mol. The Balaban J connectivity index is 1.41. The molecule has 0 spiro atoms. The molecule has 4 aromatic rings. The fourth-order valence-electron chi connectivity index (χ4n) is 3.16. The van der Waals surface area contributed by atoms with E-state index in [1.807, 2.05) is 30.3 Å². The van der Waals surface area contributed by atoms with Crippen molar-refractivity contribution in [2.75, 3.05) is 4.90 Å². The quantitative estimate of drug-likeness (QED) is 0.453. The van der Waals surface area contributed by atoms with Crippen LogP contribution in [0.1, 0.15) is 22.3 Å². The number of nitrogens with zero attached hydrogens (tertiary/aromatic N) is 7. The molecule has 1 N–H and O–H groups in total. The third kappa shape index (κ3) is 3.65. The maximum atomic E-state index is 13.1. The summed E-state index contributed by atoms with van der Waals surface area (Å²) in [7, 11) is 0. The Labute approximate surface area is 184 Å². The Hall–Kier alpha value is -5.00. The molecule has 0 saturated heterocycles. The van der Waals surface area contributed by atoms with Gasteiger partial charge < -0.3 is 9.52 Å². The topological polar surface area (TPSA) is 157 Å². The number of aromatic carboxylic acids is 1. The minimum Gasteiger partial charge on any atom is -0.478 e. The molecule has 2 aromatic carbocycles. The predicted octanol–water partition coefficient (Wildman–Crippen LogP) is 1.70. The van der Waals surface area contributed by atoms with Crippen molar-refractivity contribution >= 4 is 29.9 Å². The zero-order valence-corrected chi connectivity index (χ0v) is 16.6. The first kappa shape index (κ1) is 19.9. The lowest BCUT2D eigenvalue weighted by molar-refractivity contribution is -0.125. The highest BCUT2D eigenvalue weighted by atomic mass is 16.4. The lowest BCUT2D eigenvalue weighted by Crippen LogP contribution is -2.44. The summed E-state index contributed by atoms with van der Waals surface area (Å²) in [5.41, 5.74) is 1.79. The smallest absolute Gasteiger partial charge is 0.335 e. The van der Waals surface area contributed by atoms with Gasteiger partial charge in [-0.15, -0.1) is 9.90 Å². The second kappa shape index (κ2) is 7.92. The molecule has 0 radical (unpaired) electrons. The molecule has 1 aliphatic rings. The third-order valence-corrected chi connectivity index (χ3v) is 4.78. The summed E-state index contributed by atoms with van der Waals surface area (Å²) < 4.78 is 5.46. The highest BCUT2D eigenvalue weighted by Gasteiger charge is 2.39. The van der Waals surface area contributed by atoms with Crippen LogP contribution < -0.4 is 4.90 Å². The number of aliphatic imine (C=N–C) groups is 1. The molecule has 12 heteroatoms. The Morgan fingerprint density at radius 3 is 2.52 bits per heavy atom. The van der Waals surface area contributed by atoms with Crippen molar-refractivity contribution in [1.29, 1.82) is 0 Å². The molecule has 1 unspecified atom stereocenters. The zero-order valence-electron chi connectivity index (χ0n) is 16.6. The summed E-state index contributed by atoms with van der Waals surface area (Å²) in [5.74, 6) is -2.82. The third-order valence-electron chi connectivity index (χ3n) is 4.78. The molecule has 0 saturated carbocycles. The Bertz CT molecular complexity index is 1390. The van der Waals surface area contributed by atoms with Gasteiger partial charge in [0.25, 0.3) is 17.8 Å². The summed E-state index contributed by atoms with van der Waals surface area (Å²) in [4.78, 5) is 46.6. The van der Waals surface area contributed by atoms with Gasteiger partial charge in [-0.25, -0.2) is 14.7 Å². The molecule has 1 aliphatic heterocycles. The number of rotatable bonds is 5. The fourth-order valence-corrected chi connectivity index (χ4v) is 3.16. The minimum atomic E-state index is -1.19. The van der Waals surface area contributed by atoms with E-state index in [4.69, 9.17) is 9.52 Å². The van der Waals surface area contributed by atoms with Crippen molar-refractivity contribution in [2.24, 2.45) is 4.99 Å². The van der Waals surface area contributed by atoms with Crippen molar-refractivity contribution in [3.8, 4) is 16.9 Å². The fraction of sp³-hybridized carbons (Fsp3) is 0.0476. The molecular weight excluding hydrogens is 430 g/mol. The average Bonchev–Trinajstić information content (AvgIpc) is 3.50. The summed E-state index contributed by atoms with van der Waals surface area (Å²) in [5, 5.41) is 20.7. The van der Waals surface area contributed by atoms with Crippen LogP contribution in [0.25, 0.3) is 16.9 Å². The normalized spacial score (nSPS) is 15.8. The number of amides is 2. The van der Waals surface area contributed by atoms with Gasteiger partial charge in [-0.3, -0.25) is 14.6 Å². The molecule has 0 bridgehead atoms. The zero-order chi connectivity index (χ0) is 22.9. The first-order valence-corrected chi connectivity index (χ1v) is 9.57. The molecule has 2 amide bonds. The lowest BCUT2D eigenvalue weighted by atomic mass is 10.2. The van der Waals surface area contributed by atoms with Gasteiger partial charge in [0.2, 0.25) is 11.9 Å². The maximum Gasteiger partial charge on any atom is 0.335 e. The summed E-state index contributed by atoms with van der Waals surface area (Å²) in [6, 6.07) is 13.7. The van der Waals surface area contributed by atoms with E-state index in [1.165, 1.54) is 30.5 Å². The van der Waals surface area contributed by atoms with Gasteiger partial charge in [-0.05, 0) is 29.5 Å². The highest BCUT2D eigenvalue weighted by molar-refractivity contribution is 6.41.